The molecule has 2 aromatic rings. The highest BCUT2D eigenvalue weighted by atomic mass is 35.5. The summed E-state index contributed by atoms with van der Waals surface area (Å²) in [6.45, 7) is 0.230. The summed E-state index contributed by atoms with van der Waals surface area (Å²) in [6.07, 6.45) is 4.34. The Bertz CT molecular complexity index is 916. The van der Waals surface area contributed by atoms with E-state index in [0.717, 1.165) is 37.8 Å². The van der Waals surface area contributed by atoms with Gasteiger partial charge in [0.1, 0.15) is 18.4 Å². The lowest BCUT2D eigenvalue weighted by Gasteiger charge is -2.28. The third-order valence-corrected chi connectivity index (χ3v) is 5.18. The fraction of sp³-hybridized carbons (Fsp3) is 0.421. The average Bonchev–Trinajstić information content (AvgIpc) is 3.18. The fourth-order valence-electron chi connectivity index (χ4n) is 3.27. The van der Waals surface area contributed by atoms with Gasteiger partial charge in [0.05, 0.1) is 22.4 Å². The summed E-state index contributed by atoms with van der Waals surface area (Å²) in [6, 6.07) is 1.54. The number of amides is 2. The van der Waals surface area contributed by atoms with Crippen molar-refractivity contribution in [2.45, 2.75) is 37.8 Å². The molecule has 0 unspecified atom stereocenters. The van der Waals surface area contributed by atoms with Gasteiger partial charge >= 0.3 is 0 Å². The summed E-state index contributed by atoms with van der Waals surface area (Å²) in [5.74, 6) is -3.42. The van der Waals surface area contributed by atoms with Crippen LogP contribution in [0.25, 0.3) is 0 Å². The van der Waals surface area contributed by atoms with Gasteiger partial charge in [0.2, 0.25) is 0 Å². The van der Waals surface area contributed by atoms with Crippen LogP contribution in [0.5, 0.6) is 0 Å². The van der Waals surface area contributed by atoms with Crippen LogP contribution < -0.4 is 10.6 Å². The summed E-state index contributed by atoms with van der Waals surface area (Å²) in [7, 11) is 1.56. The molecular formula is C19H21ClF2N4O4. The number of aromatic nitrogens is 2. The standard InChI is InChI=1S/C19H21ClF2N4O4/c1-29-9-30-11-4-2-10(3-5-11)24-19(28)17-14(8-23-26-17)25-18(27)15-12(21)6-7-13(22)16(15)20/h6-8,10-11H,2-5,9H2,1H3,(H,23,26)(H,24,28)(H,25,27). The molecule has 162 valence electrons. The number of anilines is 1. The van der Waals surface area contributed by atoms with Crippen LogP contribution in [-0.4, -0.2) is 48.1 Å². The summed E-state index contributed by atoms with van der Waals surface area (Å²) < 4.78 is 38.0. The molecule has 1 saturated carbocycles. The number of halogens is 3. The number of aromatic amines is 1. The van der Waals surface area contributed by atoms with Gasteiger partial charge < -0.3 is 20.1 Å². The molecule has 0 radical (unpaired) electrons. The predicted octanol–water partition coefficient (Wildman–Crippen LogP) is 3.26. The van der Waals surface area contributed by atoms with Gasteiger partial charge in [0.15, 0.2) is 5.69 Å². The van der Waals surface area contributed by atoms with Gasteiger partial charge in [0, 0.05) is 19.3 Å². The minimum atomic E-state index is -0.997. The second-order valence-electron chi connectivity index (χ2n) is 6.84. The Kier molecular flexibility index (Phi) is 7.35. The van der Waals surface area contributed by atoms with E-state index in [1.54, 1.807) is 7.11 Å². The zero-order valence-electron chi connectivity index (χ0n) is 16.1. The Morgan fingerprint density at radius 2 is 1.90 bits per heavy atom. The van der Waals surface area contributed by atoms with Crippen LogP contribution in [-0.2, 0) is 9.47 Å². The van der Waals surface area contributed by atoms with E-state index in [0.29, 0.717) is 0 Å². The Morgan fingerprint density at radius 3 is 2.60 bits per heavy atom. The van der Waals surface area contributed by atoms with E-state index in [1.165, 1.54) is 6.20 Å². The van der Waals surface area contributed by atoms with Crippen molar-refractivity contribution < 1.29 is 27.8 Å². The van der Waals surface area contributed by atoms with Crippen molar-refractivity contribution in [2.75, 3.05) is 19.2 Å². The quantitative estimate of drug-likeness (QED) is 0.451. The number of rotatable bonds is 7. The zero-order valence-corrected chi connectivity index (χ0v) is 16.9. The number of nitrogens with zero attached hydrogens (tertiary/aromatic N) is 1. The van der Waals surface area contributed by atoms with Gasteiger partial charge in [-0.05, 0) is 37.8 Å². The predicted molar refractivity (Wildman–Crippen MR) is 104 cm³/mol. The SMILES string of the molecule is COCOC1CCC(NC(=O)c2n[nH]cc2NC(=O)c2c(F)ccc(F)c2Cl)CC1. The molecule has 0 aliphatic heterocycles. The van der Waals surface area contributed by atoms with E-state index in [4.69, 9.17) is 21.1 Å². The maximum atomic E-state index is 14.0. The number of hydrogen-bond acceptors (Lipinski definition) is 5. The molecule has 3 rings (SSSR count). The van der Waals surface area contributed by atoms with Crippen LogP contribution in [0.1, 0.15) is 46.5 Å². The molecule has 1 aliphatic carbocycles. The van der Waals surface area contributed by atoms with Gasteiger partial charge in [-0.1, -0.05) is 11.6 Å². The molecule has 11 heteroatoms. The Labute approximate surface area is 176 Å². The molecule has 1 aromatic carbocycles. The first kappa shape index (κ1) is 22.1. The monoisotopic (exact) mass is 442 g/mol. The molecule has 30 heavy (non-hydrogen) atoms. The molecule has 0 bridgehead atoms. The third kappa shape index (κ3) is 5.13. The minimum absolute atomic E-state index is 0.0225. The van der Waals surface area contributed by atoms with Crippen LogP contribution in [0.3, 0.4) is 0 Å². The number of methoxy groups -OCH3 is 1. The van der Waals surface area contributed by atoms with Gasteiger partial charge in [-0.15, -0.1) is 0 Å². The summed E-state index contributed by atoms with van der Waals surface area (Å²) >= 11 is 5.71. The molecule has 1 aromatic heterocycles. The topological polar surface area (TPSA) is 105 Å². The van der Waals surface area contributed by atoms with Crippen molar-refractivity contribution in [3.05, 3.63) is 46.2 Å². The van der Waals surface area contributed by atoms with Crippen LogP contribution in [0.15, 0.2) is 18.3 Å². The van der Waals surface area contributed by atoms with E-state index in [1.807, 2.05) is 0 Å². The summed E-state index contributed by atoms with van der Waals surface area (Å²) in [5, 5.41) is 10.9. The van der Waals surface area contributed by atoms with Gasteiger partial charge in [-0.2, -0.15) is 5.10 Å². The molecule has 0 saturated heterocycles. The molecular weight excluding hydrogens is 422 g/mol. The van der Waals surface area contributed by atoms with Crippen molar-refractivity contribution in [2.24, 2.45) is 0 Å². The highest BCUT2D eigenvalue weighted by Gasteiger charge is 2.26. The number of ether oxygens (including phenoxy) is 2. The van der Waals surface area contributed by atoms with E-state index >= 15 is 0 Å². The van der Waals surface area contributed by atoms with Crippen LogP contribution >= 0.6 is 11.6 Å². The van der Waals surface area contributed by atoms with Crippen LogP contribution in [0.4, 0.5) is 14.5 Å². The lowest BCUT2D eigenvalue weighted by molar-refractivity contribution is -0.0837. The highest BCUT2D eigenvalue weighted by molar-refractivity contribution is 6.34. The number of carbonyl (C=O) groups excluding carboxylic acids is 2. The van der Waals surface area contributed by atoms with Gasteiger partial charge in [0.25, 0.3) is 11.8 Å². The fourth-order valence-corrected chi connectivity index (χ4v) is 3.51. The first-order valence-corrected chi connectivity index (χ1v) is 9.68. The first-order chi connectivity index (χ1) is 14.4. The molecule has 1 fully saturated rings. The number of benzene rings is 1. The maximum absolute atomic E-state index is 14.0. The number of nitrogens with one attached hydrogen (secondary N) is 3. The molecule has 1 heterocycles. The first-order valence-electron chi connectivity index (χ1n) is 9.30. The minimum Gasteiger partial charge on any atom is -0.359 e. The Morgan fingerprint density at radius 1 is 1.20 bits per heavy atom. The van der Waals surface area contributed by atoms with E-state index in [-0.39, 0.29) is 30.3 Å². The second-order valence-corrected chi connectivity index (χ2v) is 7.22. The Balaban J connectivity index is 1.62. The maximum Gasteiger partial charge on any atom is 0.274 e. The van der Waals surface area contributed by atoms with Crippen molar-refractivity contribution in [3.8, 4) is 0 Å². The molecule has 2 amide bonds. The third-order valence-electron chi connectivity index (χ3n) is 4.81. The van der Waals surface area contributed by atoms with Crippen LogP contribution in [0.2, 0.25) is 5.02 Å². The second kappa shape index (κ2) is 9.96. The largest absolute Gasteiger partial charge is 0.359 e. The number of H-pyrrole nitrogens is 1. The Hall–Kier alpha value is -2.56. The summed E-state index contributed by atoms with van der Waals surface area (Å²) in [5.41, 5.74) is -0.706. The smallest absolute Gasteiger partial charge is 0.274 e. The van der Waals surface area contributed by atoms with E-state index < -0.39 is 34.0 Å². The summed E-state index contributed by atoms with van der Waals surface area (Å²) in [4.78, 5) is 25.0. The zero-order chi connectivity index (χ0) is 21.7. The van der Waals surface area contributed by atoms with Crippen molar-refractivity contribution in [1.82, 2.24) is 15.5 Å². The molecule has 0 atom stereocenters. The highest BCUT2D eigenvalue weighted by Crippen LogP contribution is 2.25. The van der Waals surface area contributed by atoms with Gasteiger partial charge in [-0.3, -0.25) is 14.7 Å². The lowest BCUT2D eigenvalue weighted by atomic mass is 9.93. The van der Waals surface area contributed by atoms with Gasteiger partial charge in [-0.25, -0.2) is 8.78 Å². The van der Waals surface area contributed by atoms with Crippen molar-refractivity contribution >= 4 is 29.1 Å². The van der Waals surface area contributed by atoms with E-state index in [2.05, 4.69) is 20.8 Å². The molecule has 0 spiro atoms. The molecule has 1 aliphatic rings. The lowest BCUT2D eigenvalue weighted by Crippen LogP contribution is -2.39. The number of carbonyl (C=O) groups is 2. The average molecular weight is 443 g/mol. The van der Waals surface area contributed by atoms with E-state index in [9.17, 15) is 18.4 Å². The van der Waals surface area contributed by atoms with Crippen molar-refractivity contribution in [3.63, 3.8) is 0 Å². The van der Waals surface area contributed by atoms with Crippen LogP contribution in [0, 0.1) is 11.6 Å². The molecule has 8 nitrogen and oxygen atoms in total. The number of hydrogen-bond donors (Lipinski definition) is 3. The van der Waals surface area contributed by atoms with Crippen molar-refractivity contribution in [1.29, 1.82) is 0 Å². The molecule has 3 N–H and O–H groups in total. The normalized spacial score (nSPS) is 18.8.